The molecule has 2 heterocycles. The molecule has 1 amide bonds. The van der Waals surface area contributed by atoms with Crippen molar-refractivity contribution in [2.45, 2.75) is 13.0 Å². The number of hydrogen-bond acceptors (Lipinski definition) is 2. The standard InChI is InChI=1S/C17H16FN3O2/c1-10(11-3-5-12(18)6-4-11)20-16(22)14-9-21(2)17(23)15-13(14)7-8-19-15/h3-10,19H,1-2H3,(H,20,22). The molecular formula is C17H16FN3O2. The third-order valence-corrected chi connectivity index (χ3v) is 3.86. The fourth-order valence-electron chi connectivity index (χ4n) is 2.56. The fraction of sp³-hybridized carbons (Fsp3) is 0.176. The van der Waals surface area contributed by atoms with Crippen LogP contribution in [0, 0.1) is 5.82 Å². The summed E-state index contributed by atoms with van der Waals surface area (Å²) in [5.74, 6) is -0.610. The minimum atomic E-state index is -0.320. The van der Waals surface area contributed by atoms with Gasteiger partial charge in [0.25, 0.3) is 11.5 Å². The Bertz CT molecular complexity index is 925. The number of halogens is 1. The Morgan fingerprint density at radius 3 is 2.65 bits per heavy atom. The van der Waals surface area contributed by atoms with Gasteiger partial charge in [0.1, 0.15) is 11.3 Å². The third kappa shape index (κ3) is 2.75. The number of aromatic nitrogens is 2. The van der Waals surface area contributed by atoms with Gasteiger partial charge in [0.05, 0.1) is 11.6 Å². The summed E-state index contributed by atoms with van der Waals surface area (Å²) in [5.41, 5.74) is 1.43. The van der Waals surface area contributed by atoms with E-state index in [-0.39, 0.29) is 23.3 Å². The van der Waals surface area contributed by atoms with Crippen molar-refractivity contribution in [1.29, 1.82) is 0 Å². The molecule has 3 rings (SSSR count). The number of H-pyrrole nitrogens is 1. The lowest BCUT2D eigenvalue weighted by atomic mass is 10.1. The van der Waals surface area contributed by atoms with Crippen molar-refractivity contribution in [3.05, 3.63) is 70.0 Å². The van der Waals surface area contributed by atoms with Crippen molar-refractivity contribution >= 4 is 16.8 Å². The molecule has 1 aromatic carbocycles. The number of aryl methyl sites for hydroxylation is 1. The average Bonchev–Trinajstić information content (AvgIpc) is 3.01. The highest BCUT2D eigenvalue weighted by molar-refractivity contribution is 6.06. The Kier molecular flexibility index (Phi) is 3.73. The molecule has 0 aliphatic heterocycles. The van der Waals surface area contributed by atoms with E-state index in [0.29, 0.717) is 16.5 Å². The van der Waals surface area contributed by atoms with Crippen LogP contribution in [0.3, 0.4) is 0 Å². The SMILES string of the molecule is CC(NC(=O)c1cn(C)c(=O)c2[nH]ccc12)c1ccc(F)cc1. The van der Waals surface area contributed by atoms with E-state index in [0.717, 1.165) is 5.56 Å². The van der Waals surface area contributed by atoms with Gasteiger partial charge in [-0.25, -0.2) is 4.39 Å². The number of carbonyl (C=O) groups excluding carboxylic acids is 1. The van der Waals surface area contributed by atoms with Crippen LogP contribution in [0.1, 0.15) is 28.9 Å². The molecule has 2 N–H and O–H groups in total. The van der Waals surface area contributed by atoms with Gasteiger partial charge < -0.3 is 14.9 Å². The number of rotatable bonds is 3. The van der Waals surface area contributed by atoms with Crippen LogP contribution in [0.25, 0.3) is 10.9 Å². The second-order valence-electron chi connectivity index (χ2n) is 5.47. The minimum absolute atomic E-state index is 0.187. The first-order chi connectivity index (χ1) is 11.0. The number of hydrogen-bond donors (Lipinski definition) is 2. The lowest BCUT2D eigenvalue weighted by Crippen LogP contribution is -2.29. The highest BCUT2D eigenvalue weighted by Crippen LogP contribution is 2.17. The van der Waals surface area contributed by atoms with Gasteiger partial charge in [-0.3, -0.25) is 9.59 Å². The Balaban J connectivity index is 1.92. The molecule has 1 unspecified atom stereocenters. The van der Waals surface area contributed by atoms with Gasteiger partial charge in [-0.05, 0) is 30.7 Å². The topological polar surface area (TPSA) is 66.9 Å². The molecule has 0 bridgehead atoms. The van der Waals surface area contributed by atoms with Crippen LogP contribution in [0.4, 0.5) is 4.39 Å². The zero-order chi connectivity index (χ0) is 16.6. The Labute approximate surface area is 131 Å². The van der Waals surface area contributed by atoms with Gasteiger partial charge in [-0.15, -0.1) is 0 Å². The number of fused-ring (bicyclic) bond motifs is 1. The largest absolute Gasteiger partial charge is 0.357 e. The maximum Gasteiger partial charge on any atom is 0.274 e. The normalized spacial score (nSPS) is 12.3. The first-order valence-corrected chi connectivity index (χ1v) is 7.20. The summed E-state index contributed by atoms with van der Waals surface area (Å²) in [7, 11) is 1.60. The highest BCUT2D eigenvalue weighted by Gasteiger charge is 2.17. The van der Waals surface area contributed by atoms with Gasteiger partial charge in [0.2, 0.25) is 0 Å². The molecule has 0 spiro atoms. The fourth-order valence-corrected chi connectivity index (χ4v) is 2.56. The van der Waals surface area contributed by atoms with E-state index in [9.17, 15) is 14.0 Å². The smallest absolute Gasteiger partial charge is 0.274 e. The summed E-state index contributed by atoms with van der Waals surface area (Å²) < 4.78 is 14.3. The van der Waals surface area contributed by atoms with Crippen molar-refractivity contribution in [2.75, 3.05) is 0 Å². The van der Waals surface area contributed by atoms with Gasteiger partial charge >= 0.3 is 0 Å². The summed E-state index contributed by atoms with van der Waals surface area (Å²) >= 11 is 0. The Morgan fingerprint density at radius 1 is 1.26 bits per heavy atom. The Hall–Kier alpha value is -2.89. The molecule has 6 heteroatoms. The van der Waals surface area contributed by atoms with Crippen LogP contribution in [-0.2, 0) is 7.05 Å². The number of amides is 1. The summed E-state index contributed by atoms with van der Waals surface area (Å²) in [5, 5.41) is 3.45. The van der Waals surface area contributed by atoms with E-state index in [2.05, 4.69) is 10.3 Å². The van der Waals surface area contributed by atoms with E-state index in [1.165, 1.54) is 22.9 Å². The van der Waals surface area contributed by atoms with Crippen LogP contribution < -0.4 is 10.9 Å². The van der Waals surface area contributed by atoms with Crippen molar-refractivity contribution in [2.24, 2.45) is 7.05 Å². The van der Waals surface area contributed by atoms with Crippen molar-refractivity contribution in [3.8, 4) is 0 Å². The minimum Gasteiger partial charge on any atom is -0.357 e. The van der Waals surface area contributed by atoms with E-state index >= 15 is 0 Å². The maximum atomic E-state index is 13.0. The summed E-state index contributed by atoms with van der Waals surface area (Å²) in [6, 6.07) is 7.39. The average molecular weight is 313 g/mol. The van der Waals surface area contributed by atoms with E-state index < -0.39 is 0 Å². The number of carbonyl (C=O) groups is 1. The number of nitrogens with one attached hydrogen (secondary N) is 2. The van der Waals surface area contributed by atoms with Crippen LogP contribution in [0.2, 0.25) is 0 Å². The molecule has 23 heavy (non-hydrogen) atoms. The molecule has 0 aliphatic rings. The summed E-state index contributed by atoms with van der Waals surface area (Å²) in [6.45, 7) is 1.82. The molecule has 0 radical (unpaired) electrons. The van der Waals surface area contributed by atoms with Crippen LogP contribution in [0.15, 0.2) is 47.5 Å². The number of aromatic amines is 1. The van der Waals surface area contributed by atoms with E-state index in [1.807, 2.05) is 6.92 Å². The molecule has 3 aromatic rings. The molecule has 0 saturated heterocycles. The highest BCUT2D eigenvalue weighted by atomic mass is 19.1. The van der Waals surface area contributed by atoms with Crippen molar-refractivity contribution < 1.29 is 9.18 Å². The predicted molar refractivity (Wildman–Crippen MR) is 85.8 cm³/mol. The van der Waals surface area contributed by atoms with E-state index in [4.69, 9.17) is 0 Å². The zero-order valence-corrected chi connectivity index (χ0v) is 12.8. The molecule has 0 fully saturated rings. The lowest BCUT2D eigenvalue weighted by Gasteiger charge is -2.15. The van der Waals surface area contributed by atoms with Crippen LogP contribution in [-0.4, -0.2) is 15.5 Å². The molecule has 118 valence electrons. The summed E-state index contributed by atoms with van der Waals surface area (Å²) in [6.07, 6.45) is 3.15. The van der Waals surface area contributed by atoms with Gasteiger partial charge in [0.15, 0.2) is 0 Å². The molecule has 0 aliphatic carbocycles. The van der Waals surface area contributed by atoms with Gasteiger partial charge in [0, 0.05) is 24.8 Å². The number of benzene rings is 1. The monoisotopic (exact) mass is 313 g/mol. The maximum absolute atomic E-state index is 13.0. The van der Waals surface area contributed by atoms with Crippen LogP contribution in [0.5, 0.6) is 0 Å². The summed E-state index contributed by atoms with van der Waals surface area (Å²) in [4.78, 5) is 27.4. The molecule has 5 nitrogen and oxygen atoms in total. The van der Waals surface area contributed by atoms with Crippen molar-refractivity contribution in [1.82, 2.24) is 14.9 Å². The molecular weight excluding hydrogens is 297 g/mol. The van der Waals surface area contributed by atoms with Gasteiger partial charge in [-0.1, -0.05) is 12.1 Å². The quantitative estimate of drug-likeness (QED) is 0.780. The Morgan fingerprint density at radius 2 is 1.96 bits per heavy atom. The zero-order valence-electron chi connectivity index (χ0n) is 12.8. The number of pyridine rings is 1. The first-order valence-electron chi connectivity index (χ1n) is 7.20. The first kappa shape index (κ1) is 15.0. The molecule has 1 atom stereocenters. The predicted octanol–water partition coefficient (Wildman–Crippen LogP) is 2.50. The second-order valence-corrected chi connectivity index (χ2v) is 5.47. The third-order valence-electron chi connectivity index (χ3n) is 3.86. The van der Waals surface area contributed by atoms with E-state index in [1.54, 1.807) is 31.4 Å². The number of nitrogens with zero attached hydrogens (tertiary/aromatic N) is 1. The van der Waals surface area contributed by atoms with Gasteiger partial charge in [-0.2, -0.15) is 0 Å². The lowest BCUT2D eigenvalue weighted by molar-refractivity contribution is 0.0941. The van der Waals surface area contributed by atoms with Crippen molar-refractivity contribution in [3.63, 3.8) is 0 Å². The molecule has 2 aromatic heterocycles. The van der Waals surface area contributed by atoms with Crippen LogP contribution >= 0.6 is 0 Å². The molecule has 0 saturated carbocycles. The second kappa shape index (κ2) is 5.72.